The van der Waals surface area contributed by atoms with Crippen LogP contribution >= 0.6 is 11.6 Å². The van der Waals surface area contributed by atoms with Crippen LogP contribution in [0.2, 0.25) is 5.02 Å². The van der Waals surface area contributed by atoms with E-state index in [4.69, 9.17) is 30.2 Å². The van der Waals surface area contributed by atoms with E-state index in [2.05, 4.69) is 24.0 Å². The Kier molecular flexibility index (Phi) is 7.07. The number of rotatable bonds is 4. The molecule has 2 aromatic heterocycles. The predicted octanol–water partition coefficient (Wildman–Crippen LogP) is 7.87. The van der Waals surface area contributed by atoms with Crippen molar-refractivity contribution in [3.63, 3.8) is 0 Å². The fourth-order valence-electron chi connectivity index (χ4n) is 5.37. The number of aliphatic hydroxyl groups excluding tert-OH is 1. The third-order valence-corrected chi connectivity index (χ3v) is 7.77. The van der Waals surface area contributed by atoms with Crippen molar-refractivity contribution in [1.29, 1.82) is 0 Å². The van der Waals surface area contributed by atoms with Gasteiger partial charge in [0.25, 0.3) is 0 Å². The first kappa shape index (κ1) is 28.0. The van der Waals surface area contributed by atoms with Crippen LogP contribution in [0.25, 0.3) is 45.1 Å². The van der Waals surface area contributed by atoms with E-state index in [9.17, 15) is 9.90 Å². The highest BCUT2D eigenvalue weighted by atomic mass is 35.5. The smallest absolute Gasteiger partial charge is 0.410 e. The lowest BCUT2D eigenvalue weighted by Crippen LogP contribution is -2.39. The maximum atomic E-state index is 12.6. The van der Waals surface area contributed by atoms with Gasteiger partial charge in [0, 0.05) is 24.1 Å². The lowest BCUT2D eigenvalue weighted by atomic mass is 9.91. The van der Waals surface area contributed by atoms with E-state index in [0.717, 1.165) is 44.8 Å². The zero-order valence-corrected chi connectivity index (χ0v) is 25.0. The molecule has 0 unspecified atom stereocenters. The number of ether oxygens (including phenoxy) is 1. The Balaban J connectivity index is 1.33. The summed E-state index contributed by atoms with van der Waals surface area (Å²) in [5.74, 6) is 1.80. The van der Waals surface area contributed by atoms with Gasteiger partial charge >= 0.3 is 6.09 Å². The monoisotopic (exact) mass is 585 g/mol. The van der Waals surface area contributed by atoms with Crippen LogP contribution in [0.15, 0.2) is 57.4 Å². The zero-order chi connectivity index (χ0) is 29.8. The number of nitrogens with zero attached hydrogens (tertiary/aromatic N) is 3. The normalized spacial score (nSPS) is 13.5. The van der Waals surface area contributed by atoms with E-state index < -0.39 is 5.60 Å². The molecule has 5 aromatic rings. The number of carbonyl (C=O) groups excluding carboxylic acids is 1. The largest absolute Gasteiger partial charge is 0.444 e. The number of fused-ring (bicyclic) bond motifs is 2. The van der Waals surface area contributed by atoms with Crippen molar-refractivity contribution in [3.05, 3.63) is 81.7 Å². The van der Waals surface area contributed by atoms with Crippen LogP contribution < -0.4 is 0 Å². The molecule has 8 nitrogen and oxygen atoms in total. The van der Waals surface area contributed by atoms with Crippen LogP contribution in [0.3, 0.4) is 0 Å². The van der Waals surface area contributed by atoms with E-state index in [1.807, 2.05) is 52.0 Å². The molecular weight excluding hydrogens is 554 g/mol. The van der Waals surface area contributed by atoms with Gasteiger partial charge in [-0.15, -0.1) is 0 Å². The SMILES string of the molecule is Cc1c(-c2nc3c(o2)CCN(C(=O)OC(C)(C)C)C3)cccc1-c1cccc(-c2nc3cc(CO)cc(Cl)c3o2)c1C. The maximum absolute atomic E-state index is 12.6. The van der Waals surface area contributed by atoms with Crippen molar-refractivity contribution in [2.24, 2.45) is 0 Å². The quantitative estimate of drug-likeness (QED) is 0.229. The van der Waals surface area contributed by atoms with Crippen LogP contribution in [0, 0.1) is 13.8 Å². The summed E-state index contributed by atoms with van der Waals surface area (Å²) in [5.41, 5.74) is 7.79. The summed E-state index contributed by atoms with van der Waals surface area (Å²) in [4.78, 5) is 23.8. The molecule has 0 fully saturated rings. The van der Waals surface area contributed by atoms with Crippen molar-refractivity contribution in [2.75, 3.05) is 6.54 Å². The van der Waals surface area contributed by atoms with Gasteiger partial charge in [-0.25, -0.2) is 14.8 Å². The number of carbonyl (C=O) groups is 1. The second-order valence-corrected chi connectivity index (χ2v) is 12.0. The van der Waals surface area contributed by atoms with E-state index in [-0.39, 0.29) is 12.7 Å². The molecule has 6 rings (SSSR count). The van der Waals surface area contributed by atoms with E-state index in [1.54, 1.807) is 17.0 Å². The number of aromatic nitrogens is 2. The van der Waals surface area contributed by atoms with E-state index in [0.29, 0.717) is 53.0 Å². The van der Waals surface area contributed by atoms with Crippen molar-refractivity contribution < 1.29 is 23.5 Å². The topological polar surface area (TPSA) is 102 Å². The van der Waals surface area contributed by atoms with Crippen molar-refractivity contribution in [2.45, 2.75) is 59.8 Å². The minimum Gasteiger partial charge on any atom is -0.444 e. The van der Waals surface area contributed by atoms with Gasteiger partial charge < -0.3 is 23.6 Å². The van der Waals surface area contributed by atoms with Crippen molar-refractivity contribution in [1.82, 2.24) is 14.9 Å². The molecule has 0 aliphatic carbocycles. The predicted molar refractivity (Wildman–Crippen MR) is 161 cm³/mol. The van der Waals surface area contributed by atoms with Gasteiger partial charge in [0.05, 0.1) is 18.2 Å². The number of amides is 1. The first-order valence-corrected chi connectivity index (χ1v) is 14.3. The number of hydrogen-bond donors (Lipinski definition) is 1. The Bertz CT molecular complexity index is 1830. The summed E-state index contributed by atoms with van der Waals surface area (Å²) in [6, 6.07) is 15.6. The molecule has 0 saturated carbocycles. The average Bonchev–Trinajstić information content (AvgIpc) is 3.57. The minimum absolute atomic E-state index is 0.127. The lowest BCUT2D eigenvalue weighted by Gasteiger charge is -2.28. The molecule has 1 aliphatic heterocycles. The minimum atomic E-state index is -0.559. The number of aliphatic hydroxyl groups is 1. The Morgan fingerprint density at radius 2 is 1.60 bits per heavy atom. The fourth-order valence-corrected chi connectivity index (χ4v) is 5.64. The molecule has 0 bridgehead atoms. The van der Waals surface area contributed by atoms with Crippen LogP contribution in [-0.2, 0) is 24.3 Å². The average molecular weight is 586 g/mol. The molecule has 0 atom stereocenters. The molecule has 1 amide bonds. The third-order valence-electron chi connectivity index (χ3n) is 7.49. The summed E-state index contributed by atoms with van der Waals surface area (Å²) < 4.78 is 17.9. The Hall–Kier alpha value is -4.14. The number of oxazole rings is 2. The maximum Gasteiger partial charge on any atom is 0.410 e. The summed E-state index contributed by atoms with van der Waals surface area (Å²) in [7, 11) is 0. The number of benzene rings is 3. The Morgan fingerprint density at radius 1 is 0.976 bits per heavy atom. The summed E-state index contributed by atoms with van der Waals surface area (Å²) in [6.07, 6.45) is 0.233. The fraction of sp³-hybridized carbons (Fsp3) is 0.303. The molecule has 3 aromatic carbocycles. The van der Waals surface area contributed by atoms with E-state index >= 15 is 0 Å². The highest BCUT2D eigenvalue weighted by Crippen LogP contribution is 2.38. The van der Waals surface area contributed by atoms with Gasteiger partial charge in [-0.1, -0.05) is 35.9 Å². The van der Waals surface area contributed by atoms with Crippen LogP contribution in [-0.4, -0.2) is 38.2 Å². The number of halogens is 1. The molecular formula is C33H32ClN3O5. The van der Waals surface area contributed by atoms with Gasteiger partial charge in [0.2, 0.25) is 11.8 Å². The Morgan fingerprint density at radius 3 is 2.21 bits per heavy atom. The molecule has 0 radical (unpaired) electrons. The first-order valence-electron chi connectivity index (χ1n) is 13.9. The molecule has 0 saturated heterocycles. The zero-order valence-electron chi connectivity index (χ0n) is 24.2. The van der Waals surface area contributed by atoms with Gasteiger partial charge in [-0.05, 0) is 86.7 Å². The van der Waals surface area contributed by atoms with Crippen molar-refractivity contribution in [3.8, 4) is 34.0 Å². The van der Waals surface area contributed by atoms with E-state index in [1.165, 1.54) is 0 Å². The van der Waals surface area contributed by atoms with Gasteiger partial charge in [-0.3, -0.25) is 0 Å². The summed E-state index contributed by atoms with van der Waals surface area (Å²) >= 11 is 6.41. The molecule has 42 heavy (non-hydrogen) atoms. The highest BCUT2D eigenvalue weighted by Gasteiger charge is 2.29. The first-order chi connectivity index (χ1) is 20.0. The van der Waals surface area contributed by atoms with Crippen molar-refractivity contribution >= 4 is 28.8 Å². The van der Waals surface area contributed by atoms with Crippen LogP contribution in [0.4, 0.5) is 4.79 Å². The van der Waals surface area contributed by atoms with Gasteiger partial charge in [0.15, 0.2) is 5.58 Å². The van der Waals surface area contributed by atoms with Gasteiger partial charge in [-0.2, -0.15) is 0 Å². The van der Waals surface area contributed by atoms with Crippen LogP contribution in [0.5, 0.6) is 0 Å². The number of hydrogen-bond acceptors (Lipinski definition) is 7. The summed E-state index contributed by atoms with van der Waals surface area (Å²) in [6.45, 7) is 10.4. The third kappa shape index (κ3) is 5.16. The lowest BCUT2D eigenvalue weighted by molar-refractivity contribution is 0.0217. The molecule has 1 aliphatic rings. The Labute approximate surface area is 248 Å². The molecule has 3 heterocycles. The standard InChI is InChI=1S/C33H32ClN3O5/c1-18-21(22-9-7-11-24(19(22)2)31-35-26-15-20(17-38)14-25(34)29(26)41-31)8-6-10-23(18)30-36-27-16-37(13-12-28(27)40-30)32(39)42-33(3,4)5/h6-11,14-15,38H,12-13,16-17H2,1-5H3. The molecule has 1 N–H and O–H groups in total. The molecule has 9 heteroatoms. The molecule has 216 valence electrons. The van der Waals surface area contributed by atoms with Crippen LogP contribution in [0.1, 0.15) is 48.9 Å². The van der Waals surface area contributed by atoms with Gasteiger partial charge in [0.1, 0.15) is 22.6 Å². The summed E-state index contributed by atoms with van der Waals surface area (Å²) in [5, 5.41) is 9.96. The second kappa shape index (κ2) is 10.6. The second-order valence-electron chi connectivity index (χ2n) is 11.6. The molecule has 0 spiro atoms. The highest BCUT2D eigenvalue weighted by molar-refractivity contribution is 6.34.